The zero-order valence-corrected chi connectivity index (χ0v) is 19.0. The van der Waals surface area contributed by atoms with Crippen molar-refractivity contribution in [2.75, 3.05) is 12.3 Å². The SMILES string of the molecule is Cc1ccc(CSCC(=O)N(Cc2ccc(F)cc2)[C@H](C)C(=O)NCC(C)C)cc1. The predicted molar refractivity (Wildman–Crippen MR) is 122 cm³/mol. The Labute approximate surface area is 183 Å². The third-order valence-electron chi connectivity index (χ3n) is 4.73. The first-order chi connectivity index (χ1) is 14.3. The number of nitrogens with zero attached hydrogens (tertiary/aromatic N) is 1. The average molecular weight is 431 g/mol. The highest BCUT2D eigenvalue weighted by atomic mass is 32.2. The number of thioether (sulfide) groups is 1. The van der Waals surface area contributed by atoms with Crippen LogP contribution in [0.4, 0.5) is 4.39 Å². The summed E-state index contributed by atoms with van der Waals surface area (Å²) >= 11 is 1.53. The van der Waals surface area contributed by atoms with Gasteiger partial charge in [-0.1, -0.05) is 55.8 Å². The zero-order chi connectivity index (χ0) is 22.1. The fourth-order valence-corrected chi connectivity index (χ4v) is 3.72. The molecular weight excluding hydrogens is 399 g/mol. The first-order valence-electron chi connectivity index (χ1n) is 10.2. The van der Waals surface area contributed by atoms with E-state index in [9.17, 15) is 14.0 Å². The summed E-state index contributed by atoms with van der Waals surface area (Å²) in [7, 11) is 0. The van der Waals surface area contributed by atoms with Gasteiger partial charge >= 0.3 is 0 Å². The van der Waals surface area contributed by atoms with Crippen molar-refractivity contribution < 1.29 is 14.0 Å². The number of carbonyl (C=O) groups excluding carboxylic acids is 2. The van der Waals surface area contributed by atoms with Crippen LogP contribution in [-0.4, -0.2) is 35.1 Å². The fourth-order valence-electron chi connectivity index (χ4n) is 2.84. The van der Waals surface area contributed by atoms with Gasteiger partial charge in [0, 0.05) is 18.8 Å². The first kappa shape index (κ1) is 23.9. The number of aryl methyl sites for hydroxylation is 1. The standard InChI is InChI=1S/C24H31FN2O2S/c1-17(2)13-26-24(29)19(4)27(14-20-9-11-22(25)12-10-20)23(28)16-30-15-21-7-5-18(3)6-8-21/h5-12,17,19H,13-16H2,1-4H3,(H,26,29)/t19-/m1/s1. The van der Waals surface area contributed by atoms with E-state index in [0.29, 0.717) is 12.5 Å². The zero-order valence-electron chi connectivity index (χ0n) is 18.2. The van der Waals surface area contributed by atoms with E-state index in [2.05, 4.69) is 29.6 Å². The summed E-state index contributed by atoms with van der Waals surface area (Å²) in [4.78, 5) is 27.2. The molecule has 6 heteroatoms. The highest BCUT2D eigenvalue weighted by molar-refractivity contribution is 7.99. The Hall–Kier alpha value is -2.34. The van der Waals surface area contributed by atoms with Crippen LogP contribution in [0, 0.1) is 18.7 Å². The summed E-state index contributed by atoms with van der Waals surface area (Å²) in [6, 6.07) is 13.7. The maximum absolute atomic E-state index is 13.3. The maximum Gasteiger partial charge on any atom is 0.242 e. The van der Waals surface area contributed by atoms with Gasteiger partial charge in [0.25, 0.3) is 0 Å². The second-order valence-electron chi connectivity index (χ2n) is 7.94. The Bertz CT molecular complexity index is 822. The van der Waals surface area contributed by atoms with Gasteiger partial charge in [-0.25, -0.2) is 4.39 Å². The van der Waals surface area contributed by atoms with E-state index < -0.39 is 6.04 Å². The smallest absolute Gasteiger partial charge is 0.242 e. The molecule has 0 aliphatic heterocycles. The molecule has 1 atom stereocenters. The van der Waals surface area contributed by atoms with Gasteiger partial charge in [0.2, 0.25) is 11.8 Å². The molecule has 2 aromatic rings. The van der Waals surface area contributed by atoms with Gasteiger partial charge in [-0.05, 0) is 43.0 Å². The lowest BCUT2D eigenvalue weighted by Gasteiger charge is -2.29. The fraction of sp³-hybridized carbons (Fsp3) is 0.417. The highest BCUT2D eigenvalue weighted by Crippen LogP contribution is 2.17. The Morgan fingerprint density at radius 1 is 1.00 bits per heavy atom. The Balaban J connectivity index is 2.04. The van der Waals surface area contributed by atoms with Crippen LogP contribution in [0.1, 0.15) is 37.5 Å². The topological polar surface area (TPSA) is 49.4 Å². The quantitative estimate of drug-likeness (QED) is 0.601. The van der Waals surface area contributed by atoms with Crippen LogP contribution in [0.2, 0.25) is 0 Å². The average Bonchev–Trinajstić information content (AvgIpc) is 2.72. The molecule has 0 bridgehead atoms. The molecule has 0 aliphatic carbocycles. The number of rotatable bonds is 10. The summed E-state index contributed by atoms with van der Waals surface area (Å²) in [5.74, 6) is 0.716. The molecule has 2 amide bonds. The largest absolute Gasteiger partial charge is 0.354 e. The van der Waals surface area contributed by atoms with Gasteiger partial charge in [0.15, 0.2) is 0 Å². The molecule has 0 spiro atoms. The van der Waals surface area contributed by atoms with Gasteiger partial charge in [0.1, 0.15) is 11.9 Å². The Morgan fingerprint density at radius 3 is 2.20 bits per heavy atom. The molecule has 0 saturated heterocycles. The van der Waals surface area contributed by atoms with Crippen LogP contribution < -0.4 is 5.32 Å². The molecule has 2 rings (SSSR count). The lowest BCUT2D eigenvalue weighted by Crippen LogP contribution is -2.48. The van der Waals surface area contributed by atoms with E-state index >= 15 is 0 Å². The monoisotopic (exact) mass is 430 g/mol. The number of amides is 2. The van der Waals surface area contributed by atoms with Gasteiger partial charge in [-0.15, -0.1) is 11.8 Å². The van der Waals surface area contributed by atoms with Gasteiger partial charge in [0.05, 0.1) is 5.75 Å². The lowest BCUT2D eigenvalue weighted by atomic mass is 10.1. The Morgan fingerprint density at radius 2 is 1.60 bits per heavy atom. The van der Waals surface area contributed by atoms with Crippen molar-refractivity contribution in [2.45, 2.75) is 46.0 Å². The van der Waals surface area contributed by atoms with Gasteiger partial charge in [-0.2, -0.15) is 0 Å². The van der Waals surface area contributed by atoms with Crippen LogP contribution in [0.25, 0.3) is 0 Å². The normalized spacial score (nSPS) is 11.9. The molecular formula is C24H31FN2O2S. The summed E-state index contributed by atoms with van der Waals surface area (Å²) in [6.45, 7) is 8.65. The van der Waals surface area contributed by atoms with Gasteiger partial charge < -0.3 is 10.2 Å². The second-order valence-corrected chi connectivity index (χ2v) is 8.93. The van der Waals surface area contributed by atoms with Crippen LogP contribution in [0.15, 0.2) is 48.5 Å². The first-order valence-corrected chi connectivity index (χ1v) is 11.4. The molecule has 1 N–H and O–H groups in total. The van der Waals surface area contributed by atoms with Crippen molar-refractivity contribution in [3.05, 3.63) is 71.0 Å². The van der Waals surface area contributed by atoms with Crippen molar-refractivity contribution in [2.24, 2.45) is 5.92 Å². The second kappa shape index (κ2) is 11.7. The summed E-state index contributed by atoms with van der Waals surface area (Å²) in [5, 5.41) is 2.90. The minimum Gasteiger partial charge on any atom is -0.354 e. The van der Waals surface area contributed by atoms with E-state index in [1.165, 1.54) is 29.5 Å². The third-order valence-corrected chi connectivity index (χ3v) is 5.72. The van der Waals surface area contributed by atoms with Crippen LogP contribution in [-0.2, 0) is 21.9 Å². The molecule has 0 fully saturated rings. The van der Waals surface area contributed by atoms with E-state index in [1.54, 1.807) is 24.0 Å². The van der Waals surface area contributed by atoms with Crippen molar-refractivity contribution in [1.82, 2.24) is 10.2 Å². The number of halogens is 1. The summed E-state index contributed by atoms with van der Waals surface area (Å²) in [5.41, 5.74) is 3.15. The highest BCUT2D eigenvalue weighted by Gasteiger charge is 2.26. The molecule has 2 aromatic carbocycles. The minimum atomic E-state index is -0.610. The molecule has 162 valence electrons. The summed E-state index contributed by atoms with van der Waals surface area (Å²) < 4.78 is 13.3. The molecule has 4 nitrogen and oxygen atoms in total. The molecule has 30 heavy (non-hydrogen) atoms. The number of hydrogen-bond donors (Lipinski definition) is 1. The van der Waals surface area contributed by atoms with E-state index in [1.807, 2.05) is 20.8 Å². The molecule has 0 aromatic heterocycles. The third kappa shape index (κ3) is 7.82. The Kier molecular flexibility index (Phi) is 9.37. The molecule has 0 heterocycles. The van der Waals surface area contributed by atoms with Crippen LogP contribution in [0.5, 0.6) is 0 Å². The summed E-state index contributed by atoms with van der Waals surface area (Å²) in [6.07, 6.45) is 0. The molecule has 0 unspecified atom stereocenters. The maximum atomic E-state index is 13.3. The molecule has 0 radical (unpaired) electrons. The van der Waals surface area contributed by atoms with Crippen LogP contribution in [0.3, 0.4) is 0 Å². The number of nitrogens with one attached hydrogen (secondary N) is 1. The minimum absolute atomic E-state index is 0.108. The van der Waals surface area contributed by atoms with Gasteiger partial charge in [-0.3, -0.25) is 9.59 Å². The van der Waals surface area contributed by atoms with E-state index in [0.717, 1.165) is 16.9 Å². The van der Waals surface area contributed by atoms with Crippen LogP contribution >= 0.6 is 11.8 Å². The molecule has 0 aliphatic rings. The van der Waals surface area contributed by atoms with Crippen molar-refractivity contribution in [3.63, 3.8) is 0 Å². The predicted octanol–water partition coefficient (Wildman–Crippen LogP) is 4.56. The van der Waals surface area contributed by atoms with E-state index in [4.69, 9.17) is 0 Å². The number of carbonyl (C=O) groups is 2. The number of benzene rings is 2. The van der Waals surface area contributed by atoms with Crippen molar-refractivity contribution >= 4 is 23.6 Å². The van der Waals surface area contributed by atoms with Crippen molar-refractivity contribution in [3.8, 4) is 0 Å². The molecule has 0 saturated carbocycles. The van der Waals surface area contributed by atoms with E-state index in [-0.39, 0.29) is 29.9 Å². The lowest BCUT2D eigenvalue weighted by molar-refractivity contribution is -0.138. The number of hydrogen-bond acceptors (Lipinski definition) is 3. The van der Waals surface area contributed by atoms with Crippen molar-refractivity contribution in [1.29, 1.82) is 0 Å².